The first kappa shape index (κ1) is 9.49. The third-order valence-corrected chi connectivity index (χ3v) is 3.29. The molecule has 0 unspecified atom stereocenters. The van der Waals surface area contributed by atoms with Gasteiger partial charge in [-0.3, -0.25) is 0 Å². The van der Waals surface area contributed by atoms with Crippen LogP contribution in [0.1, 0.15) is 26.2 Å². The molecule has 1 rings (SSSR count). The van der Waals surface area contributed by atoms with Crippen LogP contribution in [0, 0.1) is 11.3 Å². The molecule has 0 bridgehead atoms. The van der Waals surface area contributed by atoms with Crippen LogP contribution in [0.5, 0.6) is 0 Å². The molecule has 0 aromatic heterocycles. The lowest BCUT2D eigenvalue weighted by Gasteiger charge is -2.33. The van der Waals surface area contributed by atoms with Crippen LogP contribution in [0.3, 0.4) is 0 Å². The molecule has 0 aliphatic heterocycles. The average molecular weight is 189 g/mol. The van der Waals surface area contributed by atoms with Gasteiger partial charge in [0.1, 0.15) is 0 Å². The molecule has 0 amide bonds. The molecule has 0 heterocycles. The maximum Gasteiger partial charge on any atom is 0.268 e. The Hall–Kier alpha value is -0.600. The Morgan fingerprint density at radius 2 is 2.17 bits per heavy atom. The molecule has 0 atom stereocenters. The Kier molecular flexibility index (Phi) is 2.40. The molecule has 68 valence electrons. The highest BCUT2D eigenvalue weighted by atomic mass is 32.2. The molecular weight excluding hydrogens is 178 g/mol. The summed E-state index contributed by atoms with van der Waals surface area (Å²) in [4.78, 5) is 0. The minimum absolute atomic E-state index is 0.0730. The molecule has 1 aliphatic rings. The summed E-state index contributed by atoms with van der Waals surface area (Å²) in [6, 6.07) is 1.90. The van der Waals surface area contributed by atoms with Gasteiger partial charge in [0, 0.05) is 0 Å². The lowest BCUT2D eigenvalue weighted by Crippen LogP contribution is -2.40. The van der Waals surface area contributed by atoms with Crippen LogP contribution in [-0.2, 0) is 14.3 Å². The highest BCUT2D eigenvalue weighted by Gasteiger charge is 2.42. The Labute approximate surface area is 72.3 Å². The van der Waals surface area contributed by atoms with Gasteiger partial charge in [-0.15, -0.1) is 0 Å². The van der Waals surface area contributed by atoms with Gasteiger partial charge in [-0.25, -0.2) is 4.18 Å². The summed E-state index contributed by atoms with van der Waals surface area (Å²) in [5, 5.41) is 8.66. The van der Waals surface area contributed by atoms with Crippen LogP contribution in [0.4, 0.5) is 0 Å². The van der Waals surface area contributed by atoms with E-state index in [2.05, 4.69) is 0 Å². The van der Waals surface area contributed by atoms with E-state index in [9.17, 15) is 8.42 Å². The van der Waals surface area contributed by atoms with Crippen molar-refractivity contribution in [2.24, 2.45) is 0 Å². The number of nitrogens with zero attached hydrogens (tertiary/aromatic N) is 1. The molecule has 1 aliphatic carbocycles. The third-order valence-electron chi connectivity index (χ3n) is 2.01. The van der Waals surface area contributed by atoms with E-state index in [-0.39, 0.29) is 5.75 Å². The van der Waals surface area contributed by atoms with Gasteiger partial charge in [0.25, 0.3) is 10.1 Å². The first-order valence-corrected chi connectivity index (χ1v) is 5.46. The Balaban J connectivity index is 2.68. The van der Waals surface area contributed by atoms with Crippen molar-refractivity contribution in [3.05, 3.63) is 0 Å². The van der Waals surface area contributed by atoms with Gasteiger partial charge in [0.05, 0.1) is 11.8 Å². The molecular formula is C7H11NO3S. The fourth-order valence-corrected chi connectivity index (χ4v) is 1.82. The van der Waals surface area contributed by atoms with Crippen molar-refractivity contribution in [3.8, 4) is 6.07 Å². The third kappa shape index (κ3) is 1.76. The second-order valence-electron chi connectivity index (χ2n) is 2.89. The molecule has 5 heteroatoms. The van der Waals surface area contributed by atoms with E-state index >= 15 is 0 Å². The zero-order valence-electron chi connectivity index (χ0n) is 6.91. The van der Waals surface area contributed by atoms with Gasteiger partial charge in [0.15, 0.2) is 5.60 Å². The Morgan fingerprint density at radius 3 is 2.42 bits per heavy atom. The van der Waals surface area contributed by atoms with Crippen molar-refractivity contribution in [1.82, 2.24) is 0 Å². The average Bonchev–Trinajstić information content (AvgIpc) is 1.97. The van der Waals surface area contributed by atoms with Crippen molar-refractivity contribution in [2.75, 3.05) is 5.75 Å². The summed E-state index contributed by atoms with van der Waals surface area (Å²) < 4.78 is 26.8. The second kappa shape index (κ2) is 3.04. The van der Waals surface area contributed by atoms with E-state index in [4.69, 9.17) is 9.44 Å². The van der Waals surface area contributed by atoms with E-state index in [0.717, 1.165) is 6.42 Å². The molecule has 0 radical (unpaired) electrons. The fourth-order valence-electron chi connectivity index (χ4n) is 1.01. The van der Waals surface area contributed by atoms with Gasteiger partial charge in [-0.2, -0.15) is 13.7 Å². The van der Waals surface area contributed by atoms with Crippen molar-refractivity contribution in [1.29, 1.82) is 5.26 Å². The van der Waals surface area contributed by atoms with E-state index < -0.39 is 15.7 Å². The number of rotatable bonds is 3. The molecule has 0 N–H and O–H groups in total. The van der Waals surface area contributed by atoms with Gasteiger partial charge in [-0.05, 0) is 26.2 Å². The quantitative estimate of drug-likeness (QED) is 0.616. The van der Waals surface area contributed by atoms with Gasteiger partial charge < -0.3 is 0 Å². The summed E-state index contributed by atoms with van der Waals surface area (Å²) in [6.07, 6.45) is 1.93. The summed E-state index contributed by atoms with van der Waals surface area (Å²) >= 11 is 0. The van der Waals surface area contributed by atoms with E-state index in [1.807, 2.05) is 6.07 Å². The monoisotopic (exact) mass is 189 g/mol. The molecule has 0 spiro atoms. The predicted molar refractivity (Wildman–Crippen MR) is 42.7 cm³/mol. The van der Waals surface area contributed by atoms with Crippen LogP contribution in [0.15, 0.2) is 0 Å². The summed E-state index contributed by atoms with van der Waals surface area (Å²) in [7, 11) is -3.47. The van der Waals surface area contributed by atoms with Gasteiger partial charge in [0.2, 0.25) is 0 Å². The van der Waals surface area contributed by atoms with Crippen LogP contribution >= 0.6 is 0 Å². The van der Waals surface area contributed by atoms with Crippen LogP contribution in [0.2, 0.25) is 0 Å². The summed E-state index contributed by atoms with van der Waals surface area (Å²) in [6.45, 7) is 1.50. The number of nitriles is 1. The topological polar surface area (TPSA) is 67.2 Å². The molecule has 1 fully saturated rings. The highest BCUT2D eigenvalue weighted by molar-refractivity contribution is 7.86. The van der Waals surface area contributed by atoms with Crippen molar-refractivity contribution < 1.29 is 12.6 Å². The van der Waals surface area contributed by atoms with Crippen molar-refractivity contribution >= 4 is 10.1 Å². The van der Waals surface area contributed by atoms with Crippen LogP contribution < -0.4 is 0 Å². The van der Waals surface area contributed by atoms with E-state index in [1.165, 1.54) is 6.92 Å². The zero-order valence-corrected chi connectivity index (χ0v) is 7.73. The zero-order chi connectivity index (χ0) is 9.24. The molecule has 1 saturated carbocycles. The summed E-state index contributed by atoms with van der Waals surface area (Å²) in [5.74, 6) is -0.0730. The lowest BCUT2D eigenvalue weighted by molar-refractivity contribution is 0.0552. The number of hydrogen-bond acceptors (Lipinski definition) is 4. The largest absolute Gasteiger partial charge is 0.268 e. The molecule has 0 aromatic rings. The Morgan fingerprint density at radius 1 is 1.58 bits per heavy atom. The molecule has 0 aromatic carbocycles. The van der Waals surface area contributed by atoms with E-state index in [0.29, 0.717) is 12.8 Å². The first-order chi connectivity index (χ1) is 5.54. The summed E-state index contributed by atoms with van der Waals surface area (Å²) in [5.41, 5.74) is -1.03. The maximum atomic E-state index is 11.0. The predicted octanol–water partition coefficient (Wildman–Crippen LogP) is 0.799. The Bertz CT molecular complexity index is 297. The minimum atomic E-state index is -3.47. The first-order valence-electron chi connectivity index (χ1n) is 3.88. The van der Waals surface area contributed by atoms with Gasteiger partial charge >= 0.3 is 0 Å². The number of hydrogen-bond donors (Lipinski definition) is 0. The maximum absolute atomic E-state index is 11.0. The standard InChI is InChI=1S/C7H11NO3S/c1-2-12(9,10)11-7(6-8)4-3-5-7/h2-5H2,1H3. The molecule has 12 heavy (non-hydrogen) atoms. The fraction of sp³-hybridized carbons (Fsp3) is 0.857. The van der Waals surface area contributed by atoms with Crippen molar-refractivity contribution in [2.45, 2.75) is 31.8 Å². The molecule has 4 nitrogen and oxygen atoms in total. The minimum Gasteiger partial charge on any atom is -0.248 e. The SMILES string of the molecule is CCS(=O)(=O)OC1(C#N)CCC1. The lowest BCUT2D eigenvalue weighted by atomic mass is 9.82. The van der Waals surface area contributed by atoms with Crippen LogP contribution in [-0.4, -0.2) is 19.8 Å². The smallest absolute Gasteiger partial charge is 0.248 e. The van der Waals surface area contributed by atoms with E-state index in [1.54, 1.807) is 0 Å². The van der Waals surface area contributed by atoms with Gasteiger partial charge in [-0.1, -0.05) is 0 Å². The highest BCUT2D eigenvalue weighted by Crippen LogP contribution is 2.36. The second-order valence-corrected chi connectivity index (χ2v) is 4.75. The van der Waals surface area contributed by atoms with Crippen molar-refractivity contribution in [3.63, 3.8) is 0 Å². The van der Waals surface area contributed by atoms with Crippen LogP contribution in [0.25, 0.3) is 0 Å². The molecule has 0 saturated heterocycles. The normalized spacial score (nSPS) is 21.0.